The van der Waals surface area contributed by atoms with Crippen LogP contribution >= 0.6 is 11.8 Å². The van der Waals surface area contributed by atoms with Gasteiger partial charge in [-0.15, -0.1) is 0 Å². The molecule has 0 bridgehead atoms. The first-order chi connectivity index (χ1) is 12.5. The van der Waals surface area contributed by atoms with E-state index in [1.54, 1.807) is 27.6 Å². The van der Waals surface area contributed by atoms with Crippen LogP contribution in [0.4, 0.5) is 5.82 Å². The molecule has 0 atom stereocenters. The van der Waals surface area contributed by atoms with E-state index in [0.717, 1.165) is 0 Å². The van der Waals surface area contributed by atoms with Gasteiger partial charge < -0.3 is 5.32 Å². The Labute approximate surface area is 155 Å². The standard InChI is InChI=1S/C18H21N5O2S/c1-4-22-17(25)13-7-5-6-8-14(13)20-18(22)26-11-16(24)21-15-9-10-19-23(15)12(2)3/h5-10,12H,4,11H2,1-3H3,(H,21,24). The molecule has 0 aliphatic heterocycles. The van der Waals surface area contributed by atoms with Crippen LogP contribution in [-0.2, 0) is 11.3 Å². The predicted octanol–water partition coefficient (Wildman–Crippen LogP) is 2.92. The number of carbonyl (C=O) groups is 1. The second kappa shape index (κ2) is 7.74. The average molecular weight is 371 g/mol. The summed E-state index contributed by atoms with van der Waals surface area (Å²) in [5, 5.41) is 8.19. The van der Waals surface area contributed by atoms with Crippen LogP contribution in [0.3, 0.4) is 0 Å². The molecule has 0 spiro atoms. The molecule has 8 heteroatoms. The van der Waals surface area contributed by atoms with Crippen molar-refractivity contribution >= 4 is 34.4 Å². The number of hydrogen-bond acceptors (Lipinski definition) is 5. The Bertz CT molecular complexity index is 993. The fraction of sp³-hybridized carbons (Fsp3) is 0.333. The number of nitrogens with zero attached hydrogens (tertiary/aromatic N) is 4. The highest BCUT2D eigenvalue weighted by Gasteiger charge is 2.14. The van der Waals surface area contributed by atoms with Crippen molar-refractivity contribution in [3.8, 4) is 0 Å². The fourth-order valence-electron chi connectivity index (χ4n) is 2.67. The molecule has 0 aliphatic carbocycles. The van der Waals surface area contributed by atoms with Crippen molar-refractivity contribution < 1.29 is 4.79 Å². The van der Waals surface area contributed by atoms with Crippen LogP contribution in [0.1, 0.15) is 26.8 Å². The van der Waals surface area contributed by atoms with Crippen molar-refractivity contribution in [3.63, 3.8) is 0 Å². The average Bonchev–Trinajstić information content (AvgIpc) is 3.08. The van der Waals surface area contributed by atoms with Gasteiger partial charge in [-0.05, 0) is 32.9 Å². The van der Waals surface area contributed by atoms with Crippen molar-refractivity contribution in [2.75, 3.05) is 11.1 Å². The van der Waals surface area contributed by atoms with Crippen LogP contribution in [-0.4, -0.2) is 31.0 Å². The van der Waals surface area contributed by atoms with Crippen molar-refractivity contribution in [1.82, 2.24) is 19.3 Å². The summed E-state index contributed by atoms with van der Waals surface area (Å²) in [6, 6.07) is 9.16. The van der Waals surface area contributed by atoms with E-state index in [-0.39, 0.29) is 23.3 Å². The number of thioether (sulfide) groups is 1. The lowest BCUT2D eigenvalue weighted by atomic mass is 10.2. The van der Waals surface area contributed by atoms with E-state index in [2.05, 4.69) is 15.4 Å². The lowest BCUT2D eigenvalue weighted by Gasteiger charge is -2.13. The van der Waals surface area contributed by atoms with Gasteiger partial charge in [0.25, 0.3) is 5.56 Å². The van der Waals surface area contributed by atoms with E-state index in [9.17, 15) is 9.59 Å². The van der Waals surface area contributed by atoms with Crippen LogP contribution < -0.4 is 10.9 Å². The Morgan fingerprint density at radius 3 is 2.77 bits per heavy atom. The van der Waals surface area contributed by atoms with E-state index >= 15 is 0 Å². The van der Waals surface area contributed by atoms with Crippen LogP contribution in [0.2, 0.25) is 0 Å². The SMILES string of the molecule is CCn1c(SCC(=O)Nc2ccnn2C(C)C)nc2ccccc2c1=O. The number of amides is 1. The largest absolute Gasteiger partial charge is 0.310 e. The first-order valence-corrected chi connectivity index (χ1v) is 9.45. The van der Waals surface area contributed by atoms with Crippen molar-refractivity contribution in [2.45, 2.75) is 38.5 Å². The molecule has 7 nitrogen and oxygen atoms in total. The lowest BCUT2D eigenvalue weighted by Crippen LogP contribution is -2.24. The summed E-state index contributed by atoms with van der Waals surface area (Å²) in [6.07, 6.45) is 1.66. The summed E-state index contributed by atoms with van der Waals surface area (Å²) >= 11 is 1.25. The monoisotopic (exact) mass is 371 g/mol. The smallest absolute Gasteiger partial charge is 0.262 e. The van der Waals surface area contributed by atoms with E-state index < -0.39 is 0 Å². The van der Waals surface area contributed by atoms with Gasteiger partial charge in [-0.3, -0.25) is 14.2 Å². The second-order valence-electron chi connectivity index (χ2n) is 6.05. The molecule has 136 valence electrons. The molecule has 0 aliphatic rings. The minimum Gasteiger partial charge on any atom is -0.310 e. The summed E-state index contributed by atoms with van der Waals surface area (Å²) in [6.45, 7) is 6.39. The van der Waals surface area contributed by atoms with Crippen molar-refractivity contribution in [1.29, 1.82) is 0 Å². The van der Waals surface area contributed by atoms with Crippen LogP contribution in [0.5, 0.6) is 0 Å². The number of anilines is 1. The first-order valence-electron chi connectivity index (χ1n) is 8.47. The zero-order valence-electron chi connectivity index (χ0n) is 15.0. The molecular weight excluding hydrogens is 350 g/mol. The highest BCUT2D eigenvalue weighted by atomic mass is 32.2. The maximum atomic E-state index is 12.6. The Morgan fingerprint density at radius 2 is 2.04 bits per heavy atom. The normalized spacial score (nSPS) is 11.2. The second-order valence-corrected chi connectivity index (χ2v) is 7.00. The van der Waals surface area contributed by atoms with Gasteiger partial charge in [-0.2, -0.15) is 5.10 Å². The Kier molecular flexibility index (Phi) is 5.41. The van der Waals surface area contributed by atoms with Crippen LogP contribution in [0.15, 0.2) is 46.5 Å². The molecule has 0 unspecified atom stereocenters. The highest BCUT2D eigenvalue weighted by molar-refractivity contribution is 7.99. The quantitative estimate of drug-likeness (QED) is 0.532. The molecule has 0 saturated carbocycles. The van der Waals surface area contributed by atoms with E-state index in [4.69, 9.17) is 0 Å². The fourth-order valence-corrected chi connectivity index (χ4v) is 3.53. The third kappa shape index (κ3) is 3.65. The van der Waals surface area contributed by atoms with Gasteiger partial charge in [-0.25, -0.2) is 9.67 Å². The maximum absolute atomic E-state index is 12.6. The molecule has 0 fully saturated rings. The summed E-state index contributed by atoms with van der Waals surface area (Å²) in [5.41, 5.74) is 0.557. The van der Waals surface area contributed by atoms with Gasteiger partial charge in [-0.1, -0.05) is 23.9 Å². The molecule has 26 heavy (non-hydrogen) atoms. The van der Waals surface area contributed by atoms with Gasteiger partial charge in [0.05, 0.1) is 22.9 Å². The number of para-hydroxylation sites is 1. The van der Waals surface area contributed by atoms with Gasteiger partial charge in [0.15, 0.2) is 5.16 Å². The molecule has 1 aromatic carbocycles. The zero-order valence-corrected chi connectivity index (χ0v) is 15.8. The molecule has 3 rings (SSSR count). The molecule has 3 aromatic rings. The summed E-state index contributed by atoms with van der Waals surface area (Å²) in [7, 11) is 0. The zero-order chi connectivity index (χ0) is 18.7. The van der Waals surface area contributed by atoms with Crippen LogP contribution in [0.25, 0.3) is 10.9 Å². The van der Waals surface area contributed by atoms with E-state index in [1.165, 1.54) is 11.8 Å². The highest BCUT2D eigenvalue weighted by Crippen LogP contribution is 2.19. The number of nitrogens with one attached hydrogen (secondary N) is 1. The Hall–Kier alpha value is -2.61. The minimum atomic E-state index is -0.164. The molecule has 0 radical (unpaired) electrons. The summed E-state index contributed by atoms with van der Waals surface area (Å²) in [5.74, 6) is 0.654. The molecular formula is C18H21N5O2S. The molecule has 2 heterocycles. The van der Waals surface area contributed by atoms with Gasteiger partial charge in [0.2, 0.25) is 5.91 Å². The molecule has 1 N–H and O–H groups in total. The van der Waals surface area contributed by atoms with Crippen molar-refractivity contribution in [2.24, 2.45) is 0 Å². The summed E-state index contributed by atoms with van der Waals surface area (Å²) < 4.78 is 3.34. The van der Waals surface area contributed by atoms with Crippen molar-refractivity contribution in [3.05, 3.63) is 46.9 Å². The van der Waals surface area contributed by atoms with E-state index in [1.807, 2.05) is 39.0 Å². The lowest BCUT2D eigenvalue weighted by molar-refractivity contribution is -0.113. The van der Waals surface area contributed by atoms with Gasteiger partial charge >= 0.3 is 0 Å². The first kappa shape index (κ1) is 18.2. The maximum Gasteiger partial charge on any atom is 0.262 e. The number of rotatable bonds is 6. The molecule has 2 aromatic heterocycles. The van der Waals surface area contributed by atoms with Gasteiger partial charge in [0.1, 0.15) is 5.82 Å². The Morgan fingerprint density at radius 1 is 1.27 bits per heavy atom. The number of aromatic nitrogens is 4. The van der Waals surface area contributed by atoms with Crippen LogP contribution in [0, 0.1) is 0 Å². The minimum absolute atomic E-state index is 0.0844. The third-order valence-electron chi connectivity index (χ3n) is 3.90. The molecule has 1 amide bonds. The summed E-state index contributed by atoms with van der Waals surface area (Å²) in [4.78, 5) is 29.5. The number of carbonyl (C=O) groups excluding carboxylic acids is 1. The third-order valence-corrected chi connectivity index (χ3v) is 4.88. The topological polar surface area (TPSA) is 81.8 Å². The number of benzene rings is 1. The number of fused-ring (bicyclic) bond motifs is 1. The van der Waals surface area contributed by atoms with Gasteiger partial charge in [0, 0.05) is 18.7 Å². The Balaban J connectivity index is 1.78. The predicted molar refractivity (Wildman–Crippen MR) is 104 cm³/mol. The molecule has 0 saturated heterocycles. The van der Waals surface area contributed by atoms with E-state index in [0.29, 0.717) is 28.4 Å². The number of hydrogen-bond donors (Lipinski definition) is 1.